The van der Waals surface area contributed by atoms with Gasteiger partial charge in [-0.3, -0.25) is 4.79 Å². The molecule has 0 saturated carbocycles. The van der Waals surface area contributed by atoms with Gasteiger partial charge in [0.15, 0.2) is 0 Å². The summed E-state index contributed by atoms with van der Waals surface area (Å²) < 4.78 is 5.51. The second kappa shape index (κ2) is 5.47. The van der Waals surface area contributed by atoms with Gasteiger partial charge in [-0.2, -0.15) is 0 Å². The monoisotopic (exact) mass is 214 g/mol. The zero-order valence-electron chi connectivity index (χ0n) is 9.93. The van der Waals surface area contributed by atoms with Gasteiger partial charge in [0.1, 0.15) is 0 Å². The van der Waals surface area contributed by atoms with E-state index in [1.807, 2.05) is 20.8 Å². The zero-order chi connectivity index (χ0) is 11.3. The fraction of sp³-hybridized carbons (Fsp3) is 0.909. The Labute approximate surface area is 91.8 Å². The van der Waals surface area contributed by atoms with Crippen LogP contribution in [0.5, 0.6) is 0 Å². The molecular weight excluding hydrogens is 192 g/mol. The van der Waals surface area contributed by atoms with Crippen LogP contribution in [-0.4, -0.2) is 37.2 Å². The molecule has 0 aromatic carbocycles. The summed E-state index contributed by atoms with van der Waals surface area (Å²) in [7, 11) is 0. The number of carbonyl (C=O) groups is 1. The van der Waals surface area contributed by atoms with E-state index >= 15 is 0 Å². The maximum atomic E-state index is 11.7. The van der Waals surface area contributed by atoms with Gasteiger partial charge in [-0.25, -0.2) is 0 Å². The number of carbonyl (C=O) groups excluding carboxylic acids is 1. The van der Waals surface area contributed by atoms with Crippen molar-refractivity contribution >= 4 is 5.91 Å². The molecule has 1 amide bonds. The topological polar surface area (TPSA) is 50.4 Å². The van der Waals surface area contributed by atoms with E-state index < -0.39 is 0 Å². The molecule has 1 saturated heterocycles. The summed E-state index contributed by atoms with van der Waals surface area (Å²) in [5.41, 5.74) is -0.275. The van der Waals surface area contributed by atoms with Crippen LogP contribution < -0.4 is 10.6 Å². The van der Waals surface area contributed by atoms with Gasteiger partial charge in [0.2, 0.25) is 5.91 Å². The minimum atomic E-state index is -0.275. The highest BCUT2D eigenvalue weighted by molar-refractivity contribution is 5.82. The molecule has 0 spiro atoms. The highest BCUT2D eigenvalue weighted by Crippen LogP contribution is 2.08. The van der Waals surface area contributed by atoms with Crippen LogP contribution in [-0.2, 0) is 9.53 Å². The lowest BCUT2D eigenvalue weighted by Crippen LogP contribution is -2.46. The summed E-state index contributed by atoms with van der Waals surface area (Å²) in [4.78, 5) is 11.7. The Bertz CT molecular complexity index is 211. The molecular formula is C11H22N2O2. The lowest BCUT2D eigenvalue weighted by atomic mass is 10.1. The van der Waals surface area contributed by atoms with E-state index in [0.717, 1.165) is 19.4 Å². The van der Waals surface area contributed by atoms with Crippen molar-refractivity contribution in [1.82, 2.24) is 10.6 Å². The average Bonchev–Trinajstić information content (AvgIpc) is 2.67. The van der Waals surface area contributed by atoms with Gasteiger partial charge in [0.05, 0.1) is 11.6 Å². The quantitative estimate of drug-likeness (QED) is 0.707. The maximum absolute atomic E-state index is 11.7. The Morgan fingerprint density at radius 1 is 1.60 bits per heavy atom. The van der Waals surface area contributed by atoms with Crippen molar-refractivity contribution < 1.29 is 9.53 Å². The first-order chi connectivity index (χ1) is 7.05. The first-order valence-corrected chi connectivity index (χ1v) is 5.70. The predicted octanol–water partition coefficient (Wildman–Crippen LogP) is 0.670. The molecule has 1 aliphatic heterocycles. The zero-order valence-corrected chi connectivity index (χ0v) is 9.93. The summed E-state index contributed by atoms with van der Waals surface area (Å²) in [6.45, 7) is 8.12. The Balaban J connectivity index is 2.26. The fourth-order valence-corrected chi connectivity index (χ4v) is 1.77. The third kappa shape index (κ3) is 4.18. The van der Waals surface area contributed by atoms with E-state index in [4.69, 9.17) is 4.74 Å². The minimum absolute atomic E-state index is 0.00225. The largest absolute Gasteiger partial charge is 0.374 e. The Morgan fingerprint density at radius 2 is 2.33 bits per heavy atom. The van der Waals surface area contributed by atoms with Gasteiger partial charge in [-0.05, 0) is 40.2 Å². The molecule has 4 nitrogen and oxygen atoms in total. The number of rotatable bonds is 5. The van der Waals surface area contributed by atoms with Gasteiger partial charge in [0.25, 0.3) is 0 Å². The predicted molar refractivity (Wildman–Crippen MR) is 59.7 cm³/mol. The number of amides is 1. The molecule has 1 fully saturated rings. The molecule has 0 aromatic rings. The average molecular weight is 214 g/mol. The third-order valence-corrected chi connectivity index (χ3v) is 2.60. The van der Waals surface area contributed by atoms with Gasteiger partial charge in [0, 0.05) is 13.2 Å². The Morgan fingerprint density at radius 3 is 2.87 bits per heavy atom. The van der Waals surface area contributed by atoms with Crippen LogP contribution in [0.15, 0.2) is 0 Å². The standard InChI is InChI=1S/C11H22N2O2/c1-4-15-11(2,3)8-13-10(14)9-6-5-7-12-9/h9,12H,4-8H2,1-3H3,(H,13,14). The number of hydrogen-bond acceptors (Lipinski definition) is 3. The van der Waals surface area contributed by atoms with Crippen LogP contribution in [0.1, 0.15) is 33.6 Å². The first kappa shape index (κ1) is 12.5. The molecule has 1 atom stereocenters. The molecule has 4 heteroatoms. The van der Waals surface area contributed by atoms with E-state index in [1.54, 1.807) is 0 Å². The van der Waals surface area contributed by atoms with Crippen molar-refractivity contribution in [2.24, 2.45) is 0 Å². The molecule has 0 bridgehead atoms. The van der Waals surface area contributed by atoms with Crippen molar-refractivity contribution in [3.8, 4) is 0 Å². The minimum Gasteiger partial charge on any atom is -0.374 e. The van der Waals surface area contributed by atoms with Crippen molar-refractivity contribution in [2.45, 2.75) is 45.3 Å². The van der Waals surface area contributed by atoms with Crippen LogP contribution in [0.3, 0.4) is 0 Å². The number of hydrogen-bond donors (Lipinski definition) is 2. The van der Waals surface area contributed by atoms with E-state index in [0.29, 0.717) is 13.2 Å². The summed E-state index contributed by atoms with van der Waals surface area (Å²) >= 11 is 0. The van der Waals surface area contributed by atoms with E-state index in [2.05, 4.69) is 10.6 Å². The lowest BCUT2D eigenvalue weighted by molar-refractivity contribution is -0.124. The summed E-state index contributed by atoms with van der Waals surface area (Å²) in [6.07, 6.45) is 2.04. The van der Waals surface area contributed by atoms with Gasteiger partial charge < -0.3 is 15.4 Å². The number of nitrogens with one attached hydrogen (secondary N) is 2. The van der Waals surface area contributed by atoms with Crippen LogP contribution in [0, 0.1) is 0 Å². The van der Waals surface area contributed by atoms with Crippen LogP contribution in [0.2, 0.25) is 0 Å². The lowest BCUT2D eigenvalue weighted by Gasteiger charge is -2.25. The van der Waals surface area contributed by atoms with Crippen LogP contribution in [0.25, 0.3) is 0 Å². The second-order valence-electron chi connectivity index (χ2n) is 4.56. The Kier molecular flexibility index (Phi) is 4.54. The molecule has 0 aliphatic carbocycles. The first-order valence-electron chi connectivity index (χ1n) is 5.70. The van der Waals surface area contributed by atoms with E-state index in [1.165, 1.54) is 0 Å². The normalized spacial score (nSPS) is 21.7. The van der Waals surface area contributed by atoms with Gasteiger partial charge in [-0.1, -0.05) is 0 Å². The van der Waals surface area contributed by atoms with Crippen molar-refractivity contribution in [3.05, 3.63) is 0 Å². The molecule has 88 valence electrons. The smallest absolute Gasteiger partial charge is 0.237 e. The SMILES string of the molecule is CCOC(C)(C)CNC(=O)C1CCCN1. The molecule has 0 aromatic heterocycles. The number of ether oxygens (including phenoxy) is 1. The van der Waals surface area contributed by atoms with Gasteiger partial charge >= 0.3 is 0 Å². The Hall–Kier alpha value is -0.610. The highest BCUT2D eigenvalue weighted by Gasteiger charge is 2.24. The second-order valence-corrected chi connectivity index (χ2v) is 4.56. The molecule has 15 heavy (non-hydrogen) atoms. The van der Waals surface area contributed by atoms with E-state index in [-0.39, 0.29) is 17.6 Å². The summed E-state index contributed by atoms with van der Waals surface area (Å²) in [5, 5.41) is 6.09. The van der Waals surface area contributed by atoms with E-state index in [9.17, 15) is 4.79 Å². The summed E-state index contributed by atoms with van der Waals surface area (Å²) in [6, 6.07) is 0.00225. The fourth-order valence-electron chi connectivity index (χ4n) is 1.77. The van der Waals surface area contributed by atoms with Crippen LogP contribution >= 0.6 is 0 Å². The van der Waals surface area contributed by atoms with Crippen molar-refractivity contribution in [1.29, 1.82) is 0 Å². The third-order valence-electron chi connectivity index (χ3n) is 2.60. The molecule has 1 rings (SSSR count). The van der Waals surface area contributed by atoms with Gasteiger partial charge in [-0.15, -0.1) is 0 Å². The molecule has 1 heterocycles. The molecule has 2 N–H and O–H groups in total. The highest BCUT2D eigenvalue weighted by atomic mass is 16.5. The molecule has 1 aliphatic rings. The van der Waals surface area contributed by atoms with Crippen molar-refractivity contribution in [3.63, 3.8) is 0 Å². The summed E-state index contributed by atoms with van der Waals surface area (Å²) in [5.74, 6) is 0.0975. The maximum Gasteiger partial charge on any atom is 0.237 e. The molecule has 0 radical (unpaired) electrons. The molecule has 1 unspecified atom stereocenters. The van der Waals surface area contributed by atoms with Crippen molar-refractivity contribution in [2.75, 3.05) is 19.7 Å². The van der Waals surface area contributed by atoms with Crippen LogP contribution in [0.4, 0.5) is 0 Å².